The average Bonchev–Trinajstić information content (AvgIpc) is 2.08. The van der Waals surface area contributed by atoms with Gasteiger partial charge < -0.3 is 0 Å². The molecule has 0 fully saturated rings. The van der Waals surface area contributed by atoms with Gasteiger partial charge in [0.25, 0.3) is 0 Å². The highest BCUT2D eigenvalue weighted by Crippen LogP contribution is 2.14. The lowest BCUT2D eigenvalue weighted by Crippen LogP contribution is -1.63. The Balaban J connectivity index is 3.13. The van der Waals surface area contributed by atoms with E-state index >= 15 is 0 Å². The molecular weight excluding hydrogens is 174 g/mol. The van der Waals surface area contributed by atoms with Gasteiger partial charge in [0.2, 0.25) is 0 Å². The van der Waals surface area contributed by atoms with Crippen LogP contribution in [0.1, 0.15) is 11.2 Å². The summed E-state index contributed by atoms with van der Waals surface area (Å²) in [5, 5.41) is -0.00289. The Bertz CT molecular complexity index is 268. The summed E-state index contributed by atoms with van der Waals surface area (Å²) in [5.74, 6) is 0. The summed E-state index contributed by atoms with van der Waals surface area (Å²) in [6.45, 7) is -2.26. The predicted octanol–water partition coefficient (Wildman–Crippen LogP) is 2.21. The van der Waals surface area contributed by atoms with E-state index in [1.807, 2.05) is 0 Å². The quantitative estimate of drug-likeness (QED) is 0.599. The molecule has 0 saturated carbocycles. The summed E-state index contributed by atoms with van der Waals surface area (Å²) >= 11 is 4.02. The van der Waals surface area contributed by atoms with Gasteiger partial charge in [-0.2, -0.15) is 0 Å². The van der Waals surface area contributed by atoms with Gasteiger partial charge in [0.05, 0.1) is 1.37 Å². The van der Waals surface area contributed by atoms with Crippen LogP contribution in [0.15, 0.2) is 9.27 Å². The highest BCUT2D eigenvalue weighted by Gasteiger charge is 1.88. The highest BCUT2D eigenvalue weighted by molar-refractivity contribution is 9.11. The normalized spacial score (nSPS) is 19.6. The summed E-state index contributed by atoms with van der Waals surface area (Å²) in [6.07, 6.45) is 0. The lowest BCUT2D eigenvalue weighted by Gasteiger charge is -1.69. The summed E-state index contributed by atoms with van der Waals surface area (Å²) in [4.78, 5) is 3.67. The van der Waals surface area contributed by atoms with Crippen molar-refractivity contribution >= 4 is 27.3 Å². The Morgan fingerprint density at radius 2 is 3.14 bits per heavy atom. The number of halogens is 1. The van der Waals surface area contributed by atoms with Gasteiger partial charge in [-0.1, -0.05) is 0 Å². The fourth-order valence-electron chi connectivity index (χ4n) is 0.224. The van der Waals surface area contributed by atoms with Crippen molar-refractivity contribution in [3.63, 3.8) is 0 Å². The van der Waals surface area contributed by atoms with Crippen LogP contribution in [0.25, 0.3) is 0 Å². The molecule has 0 N–H and O–H groups in total. The summed E-state index contributed by atoms with van der Waals surface area (Å²) < 4.78 is 28.5. The van der Waals surface area contributed by atoms with E-state index < -0.39 is 6.85 Å². The maximum atomic E-state index is 7.21. The molecule has 0 aliphatic heterocycles. The van der Waals surface area contributed by atoms with Gasteiger partial charge in [0.15, 0.2) is 3.92 Å². The third kappa shape index (κ3) is 1.24. The molecule has 0 aliphatic carbocycles. The number of rotatable bonds is 0. The van der Waals surface area contributed by atoms with Gasteiger partial charge in [-0.15, -0.1) is 11.3 Å². The van der Waals surface area contributed by atoms with E-state index in [0.717, 1.165) is 11.3 Å². The molecule has 0 atom stereocenters. The van der Waals surface area contributed by atoms with Crippen LogP contribution in [0.4, 0.5) is 0 Å². The van der Waals surface area contributed by atoms with Gasteiger partial charge in [0.1, 0.15) is 0 Å². The number of aryl methyl sites for hydroxylation is 1. The molecule has 38 valence electrons. The zero-order valence-corrected chi connectivity index (χ0v) is 5.64. The molecule has 0 radical (unpaired) electrons. The van der Waals surface area contributed by atoms with Crippen LogP contribution in [0, 0.1) is 6.85 Å². The SMILES string of the molecule is [2H]c1sc(Br)nc1C([2H])([2H])[2H]. The number of nitrogens with zero attached hydrogens (tertiary/aromatic N) is 1. The third-order valence-corrected chi connectivity index (χ3v) is 1.65. The van der Waals surface area contributed by atoms with Crippen molar-refractivity contribution in [3.8, 4) is 0 Å². The predicted molar refractivity (Wildman–Crippen MR) is 34.6 cm³/mol. The van der Waals surface area contributed by atoms with Crippen LogP contribution < -0.4 is 0 Å². The number of hydrogen-bond donors (Lipinski definition) is 0. The molecule has 0 amide bonds. The monoisotopic (exact) mass is 181 g/mol. The van der Waals surface area contributed by atoms with Crippen molar-refractivity contribution in [2.24, 2.45) is 0 Å². The van der Waals surface area contributed by atoms with Crippen LogP contribution in [0.2, 0.25) is 0 Å². The van der Waals surface area contributed by atoms with Crippen LogP contribution in [-0.2, 0) is 0 Å². The van der Waals surface area contributed by atoms with Gasteiger partial charge in [-0.25, -0.2) is 4.98 Å². The third-order valence-electron chi connectivity index (χ3n) is 0.432. The first-order valence-corrected chi connectivity index (χ1v) is 3.15. The number of hydrogen-bond acceptors (Lipinski definition) is 2. The molecule has 1 rings (SSSR count). The smallest absolute Gasteiger partial charge is 0.159 e. The van der Waals surface area contributed by atoms with Crippen LogP contribution in [0.3, 0.4) is 0 Å². The zero-order valence-electron chi connectivity index (χ0n) is 7.23. The largest absolute Gasteiger partial charge is 0.234 e. The first-order valence-electron chi connectivity index (χ1n) is 3.54. The molecule has 0 aliphatic rings. The lowest BCUT2D eigenvalue weighted by molar-refractivity contribution is 1.24. The standard InChI is InChI=1S/C4H4BrNS/c1-3-2-7-4(5)6-3/h2H,1H3/i1D3,2D. The fourth-order valence-corrected chi connectivity index (χ4v) is 1.01. The molecule has 0 saturated heterocycles. The molecule has 1 aromatic heterocycles. The molecule has 0 unspecified atom stereocenters. The Kier molecular flexibility index (Phi) is 0.591. The summed E-state index contributed by atoms with van der Waals surface area (Å²) in [7, 11) is 0. The van der Waals surface area contributed by atoms with E-state index in [2.05, 4.69) is 20.9 Å². The minimum Gasteiger partial charge on any atom is -0.234 e. The fraction of sp³-hybridized carbons (Fsp3) is 0.250. The van der Waals surface area contributed by atoms with E-state index in [-0.39, 0.29) is 11.1 Å². The second-order valence-corrected chi connectivity index (χ2v) is 2.99. The molecule has 7 heavy (non-hydrogen) atoms. The van der Waals surface area contributed by atoms with Gasteiger partial charge in [-0.3, -0.25) is 0 Å². The molecule has 1 aromatic rings. The molecule has 1 heterocycles. The van der Waals surface area contributed by atoms with Crippen molar-refractivity contribution in [2.75, 3.05) is 0 Å². The van der Waals surface area contributed by atoms with Gasteiger partial charge >= 0.3 is 0 Å². The van der Waals surface area contributed by atoms with Crippen LogP contribution in [0.5, 0.6) is 0 Å². The van der Waals surface area contributed by atoms with Crippen LogP contribution >= 0.6 is 27.3 Å². The zero-order chi connectivity index (χ0) is 8.65. The number of aromatic nitrogens is 1. The average molecular weight is 182 g/mol. The highest BCUT2D eigenvalue weighted by atomic mass is 79.9. The second-order valence-electron chi connectivity index (χ2n) is 0.917. The maximum absolute atomic E-state index is 7.21. The lowest BCUT2D eigenvalue weighted by atomic mass is 10.6. The Labute approximate surface area is 60.1 Å². The van der Waals surface area contributed by atoms with Gasteiger partial charge in [0, 0.05) is 15.2 Å². The van der Waals surface area contributed by atoms with Crippen molar-refractivity contribution in [2.45, 2.75) is 6.85 Å². The molecule has 0 aromatic carbocycles. The van der Waals surface area contributed by atoms with E-state index in [9.17, 15) is 0 Å². The molecule has 1 nitrogen and oxygen atoms in total. The summed E-state index contributed by atoms with van der Waals surface area (Å²) in [5.41, 5.74) is -0.130. The molecule has 0 spiro atoms. The molecule has 0 bridgehead atoms. The van der Waals surface area contributed by atoms with Crippen molar-refractivity contribution in [3.05, 3.63) is 15.0 Å². The first-order chi connectivity index (χ1) is 4.91. The molecule has 3 heteroatoms. The Morgan fingerprint density at radius 1 is 2.29 bits per heavy atom. The van der Waals surface area contributed by atoms with E-state index in [0.29, 0.717) is 3.92 Å². The number of thiazole rings is 1. The van der Waals surface area contributed by atoms with Crippen molar-refractivity contribution < 1.29 is 5.48 Å². The van der Waals surface area contributed by atoms with E-state index in [1.54, 1.807) is 0 Å². The molecular formula is C4H4BrNS. The van der Waals surface area contributed by atoms with Crippen LogP contribution in [-0.4, -0.2) is 4.98 Å². The van der Waals surface area contributed by atoms with Crippen molar-refractivity contribution in [1.82, 2.24) is 4.98 Å². The minimum atomic E-state index is -2.26. The Morgan fingerprint density at radius 3 is 3.43 bits per heavy atom. The van der Waals surface area contributed by atoms with Gasteiger partial charge in [-0.05, 0) is 22.8 Å². The second kappa shape index (κ2) is 1.92. The maximum Gasteiger partial charge on any atom is 0.159 e. The summed E-state index contributed by atoms with van der Waals surface area (Å²) in [6, 6.07) is 0. The minimum absolute atomic E-state index is 0.00289. The Hall–Kier alpha value is 0.110. The van der Waals surface area contributed by atoms with E-state index in [1.165, 1.54) is 0 Å². The van der Waals surface area contributed by atoms with Crippen molar-refractivity contribution in [1.29, 1.82) is 0 Å². The van der Waals surface area contributed by atoms with E-state index in [4.69, 9.17) is 5.48 Å². The first kappa shape index (κ1) is 2.15. The topological polar surface area (TPSA) is 12.9 Å².